The van der Waals surface area contributed by atoms with Gasteiger partial charge in [-0.1, -0.05) is 36.4 Å². The second kappa shape index (κ2) is 13.8. The standard InChI is InChI=1S/C12H15ClO2.C12H16O3/c2*1-9-7-10(8-13)3-4-11(9)5-6-12(14)15-2/h3-4,7H,5-6,8H2,1-2H3;3-4,7,13H,5-6,8H2,1-2H3. The van der Waals surface area contributed by atoms with Crippen molar-refractivity contribution in [3.63, 3.8) is 0 Å². The number of methoxy groups -OCH3 is 2. The summed E-state index contributed by atoms with van der Waals surface area (Å²) in [5.74, 6) is 0.162. The maximum absolute atomic E-state index is 11.0. The van der Waals surface area contributed by atoms with Crippen LogP contribution in [0.3, 0.4) is 0 Å². The number of benzene rings is 2. The van der Waals surface area contributed by atoms with E-state index in [0.717, 1.165) is 28.7 Å². The number of carbonyl (C=O) groups excluding carboxylic acids is 2. The molecule has 1 N–H and O–H groups in total. The Morgan fingerprint density at radius 2 is 1.27 bits per heavy atom. The van der Waals surface area contributed by atoms with Crippen molar-refractivity contribution in [2.75, 3.05) is 14.2 Å². The Morgan fingerprint density at radius 1 is 0.833 bits per heavy atom. The van der Waals surface area contributed by atoms with Crippen LogP contribution in [-0.4, -0.2) is 31.3 Å². The van der Waals surface area contributed by atoms with Crippen LogP contribution in [0.15, 0.2) is 36.4 Å². The van der Waals surface area contributed by atoms with E-state index in [-0.39, 0.29) is 18.5 Å². The summed E-state index contributed by atoms with van der Waals surface area (Å²) in [5.41, 5.74) is 6.58. The molecule has 6 heteroatoms. The molecule has 0 fully saturated rings. The molecule has 0 aliphatic rings. The summed E-state index contributed by atoms with van der Waals surface area (Å²) >= 11 is 5.73. The van der Waals surface area contributed by atoms with Crippen molar-refractivity contribution < 1.29 is 24.2 Å². The van der Waals surface area contributed by atoms with E-state index in [0.29, 0.717) is 25.1 Å². The lowest BCUT2D eigenvalue weighted by Crippen LogP contribution is -2.03. The van der Waals surface area contributed by atoms with Crippen LogP contribution < -0.4 is 0 Å². The van der Waals surface area contributed by atoms with Crippen LogP contribution in [0.25, 0.3) is 0 Å². The molecule has 0 aliphatic heterocycles. The van der Waals surface area contributed by atoms with Gasteiger partial charge in [0, 0.05) is 18.7 Å². The quantitative estimate of drug-likeness (QED) is 0.491. The van der Waals surface area contributed by atoms with Gasteiger partial charge in [0.25, 0.3) is 0 Å². The third-order valence-electron chi connectivity index (χ3n) is 4.80. The second-order valence-corrected chi connectivity index (χ2v) is 7.23. The van der Waals surface area contributed by atoms with E-state index < -0.39 is 0 Å². The van der Waals surface area contributed by atoms with Gasteiger partial charge in [-0.2, -0.15) is 0 Å². The number of aryl methyl sites for hydroxylation is 4. The van der Waals surface area contributed by atoms with Crippen LogP contribution in [0.1, 0.15) is 46.2 Å². The predicted molar refractivity (Wildman–Crippen MR) is 119 cm³/mol. The number of rotatable bonds is 8. The van der Waals surface area contributed by atoms with Crippen molar-refractivity contribution in [2.24, 2.45) is 0 Å². The summed E-state index contributed by atoms with van der Waals surface area (Å²) in [7, 11) is 2.80. The maximum Gasteiger partial charge on any atom is 0.305 e. The highest BCUT2D eigenvalue weighted by Crippen LogP contribution is 2.15. The minimum atomic E-state index is -0.194. The number of ether oxygens (including phenoxy) is 2. The van der Waals surface area contributed by atoms with E-state index in [2.05, 4.69) is 15.5 Å². The van der Waals surface area contributed by atoms with Crippen LogP contribution in [0.4, 0.5) is 0 Å². The van der Waals surface area contributed by atoms with Crippen molar-refractivity contribution in [3.05, 3.63) is 69.8 Å². The summed E-state index contributed by atoms with van der Waals surface area (Å²) in [4.78, 5) is 21.9. The molecule has 0 saturated heterocycles. The Morgan fingerprint density at radius 3 is 1.63 bits per heavy atom. The highest BCUT2D eigenvalue weighted by atomic mass is 35.5. The van der Waals surface area contributed by atoms with Crippen molar-refractivity contribution in [1.82, 2.24) is 0 Å². The van der Waals surface area contributed by atoms with Gasteiger partial charge in [-0.15, -0.1) is 11.6 Å². The van der Waals surface area contributed by atoms with Crippen molar-refractivity contribution >= 4 is 23.5 Å². The van der Waals surface area contributed by atoms with E-state index in [1.54, 1.807) is 0 Å². The number of carbonyl (C=O) groups is 2. The number of esters is 2. The van der Waals surface area contributed by atoms with E-state index in [9.17, 15) is 9.59 Å². The average Bonchev–Trinajstić information content (AvgIpc) is 2.77. The molecule has 5 nitrogen and oxygen atoms in total. The molecule has 0 amide bonds. The van der Waals surface area contributed by atoms with E-state index in [4.69, 9.17) is 16.7 Å². The van der Waals surface area contributed by atoms with Crippen molar-refractivity contribution in [2.45, 2.75) is 52.0 Å². The number of aliphatic hydroxyl groups is 1. The fourth-order valence-electron chi connectivity index (χ4n) is 2.94. The SMILES string of the molecule is COC(=O)CCc1ccc(CCl)cc1C.COC(=O)CCc1ccc(CO)cc1C. The van der Waals surface area contributed by atoms with Gasteiger partial charge in [0.1, 0.15) is 0 Å². The van der Waals surface area contributed by atoms with Gasteiger partial charge in [0.05, 0.1) is 20.8 Å². The first-order valence-electron chi connectivity index (χ1n) is 9.81. The molecular formula is C24H31ClO5. The fourth-order valence-corrected chi connectivity index (χ4v) is 3.10. The van der Waals surface area contributed by atoms with Gasteiger partial charge >= 0.3 is 11.9 Å². The van der Waals surface area contributed by atoms with Gasteiger partial charge < -0.3 is 14.6 Å². The molecule has 0 aromatic heterocycles. The number of halogens is 1. The Kier molecular flexibility index (Phi) is 11.8. The first-order chi connectivity index (χ1) is 14.3. The minimum Gasteiger partial charge on any atom is -0.469 e. The lowest BCUT2D eigenvalue weighted by Gasteiger charge is -2.06. The topological polar surface area (TPSA) is 72.8 Å². The molecule has 30 heavy (non-hydrogen) atoms. The van der Waals surface area contributed by atoms with Crippen molar-refractivity contribution in [3.8, 4) is 0 Å². The summed E-state index contributed by atoms with van der Waals surface area (Å²) in [5, 5.41) is 8.94. The predicted octanol–water partition coefficient (Wildman–Crippen LogP) is 4.43. The number of hydrogen-bond donors (Lipinski definition) is 1. The second-order valence-electron chi connectivity index (χ2n) is 6.97. The zero-order chi connectivity index (χ0) is 22.5. The van der Waals surface area contributed by atoms with Gasteiger partial charge in [0.2, 0.25) is 0 Å². The third kappa shape index (κ3) is 8.97. The van der Waals surface area contributed by atoms with Crippen LogP contribution >= 0.6 is 11.6 Å². The van der Waals surface area contributed by atoms with Gasteiger partial charge in [-0.05, 0) is 60.1 Å². The Labute approximate surface area is 184 Å². The normalized spacial score (nSPS) is 10.1. The maximum atomic E-state index is 11.0. The molecule has 0 unspecified atom stereocenters. The van der Waals surface area contributed by atoms with Crippen LogP contribution in [-0.2, 0) is 44.4 Å². The molecule has 0 spiro atoms. The van der Waals surface area contributed by atoms with E-state index in [1.807, 2.05) is 44.2 Å². The molecule has 0 bridgehead atoms. The van der Waals surface area contributed by atoms with Crippen LogP contribution in [0.5, 0.6) is 0 Å². The van der Waals surface area contributed by atoms with Gasteiger partial charge in [-0.25, -0.2) is 0 Å². The zero-order valence-corrected chi connectivity index (χ0v) is 18.9. The largest absolute Gasteiger partial charge is 0.469 e. The molecule has 0 aliphatic carbocycles. The molecule has 2 rings (SSSR count). The summed E-state index contributed by atoms with van der Waals surface area (Å²) in [6.07, 6.45) is 2.23. The molecule has 0 atom stereocenters. The van der Waals surface area contributed by atoms with Crippen LogP contribution in [0.2, 0.25) is 0 Å². The number of aliphatic hydroxyl groups excluding tert-OH is 1. The Bertz CT molecular complexity index is 763. The first kappa shape index (κ1) is 25.7. The molecule has 0 saturated carbocycles. The fraction of sp³-hybridized carbons (Fsp3) is 0.417. The average molecular weight is 435 g/mol. The zero-order valence-electron chi connectivity index (χ0n) is 18.2. The van der Waals surface area contributed by atoms with Gasteiger partial charge in [0.15, 0.2) is 0 Å². The summed E-state index contributed by atoms with van der Waals surface area (Å²) in [6, 6.07) is 11.8. The Balaban J connectivity index is 0.000000300. The molecule has 0 heterocycles. The van der Waals surface area contributed by atoms with Gasteiger partial charge in [-0.3, -0.25) is 9.59 Å². The summed E-state index contributed by atoms with van der Waals surface area (Å²) in [6.45, 7) is 4.06. The molecule has 0 radical (unpaired) electrons. The lowest BCUT2D eigenvalue weighted by atomic mass is 10.0. The monoisotopic (exact) mass is 434 g/mol. The minimum absolute atomic E-state index is 0.0537. The van der Waals surface area contributed by atoms with E-state index in [1.165, 1.54) is 25.3 Å². The number of hydrogen-bond acceptors (Lipinski definition) is 5. The smallest absolute Gasteiger partial charge is 0.305 e. The number of alkyl halides is 1. The highest BCUT2D eigenvalue weighted by molar-refractivity contribution is 6.17. The Hall–Kier alpha value is -2.37. The lowest BCUT2D eigenvalue weighted by molar-refractivity contribution is -0.141. The van der Waals surface area contributed by atoms with Crippen LogP contribution in [0, 0.1) is 13.8 Å². The molecule has 164 valence electrons. The third-order valence-corrected chi connectivity index (χ3v) is 5.11. The molecule has 2 aromatic carbocycles. The first-order valence-corrected chi connectivity index (χ1v) is 10.3. The van der Waals surface area contributed by atoms with E-state index >= 15 is 0 Å². The molecule has 2 aromatic rings. The highest BCUT2D eigenvalue weighted by Gasteiger charge is 2.05. The van der Waals surface area contributed by atoms with Crippen molar-refractivity contribution in [1.29, 1.82) is 0 Å². The molecular weight excluding hydrogens is 404 g/mol. The summed E-state index contributed by atoms with van der Waals surface area (Å²) < 4.78 is 9.17.